The van der Waals surface area contributed by atoms with Crippen molar-refractivity contribution in [3.8, 4) is 6.07 Å². The van der Waals surface area contributed by atoms with Crippen molar-refractivity contribution in [1.29, 1.82) is 5.26 Å². The van der Waals surface area contributed by atoms with Crippen molar-refractivity contribution in [3.05, 3.63) is 51.2 Å². The predicted octanol–water partition coefficient (Wildman–Crippen LogP) is 4.35. The van der Waals surface area contributed by atoms with Gasteiger partial charge in [0.1, 0.15) is 4.88 Å². The lowest BCUT2D eigenvalue weighted by Gasteiger charge is -2.24. The molecule has 1 amide bonds. The number of nitrogens with zero attached hydrogens (tertiary/aromatic N) is 4. The van der Waals surface area contributed by atoms with Crippen molar-refractivity contribution in [2.45, 2.75) is 32.7 Å². The van der Waals surface area contributed by atoms with Gasteiger partial charge in [0.25, 0.3) is 5.91 Å². The molecule has 5 nitrogen and oxygen atoms in total. The molecule has 1 aliphatic heterocycles. The molecular weight excluding hydrogens is 356 g/mol. The molecule has 0 atom stereocenters. The third kappa shape index (κ3) is 4.55. The second-order valence-electron chi connectivity index (χ2n) is 6.87. The number of piperidine rings is 1. The van der Waals surface area contributed by atoms with Gasteiger partial charge in [-0.3, -0.25) is 4.79 Å². The lowest BCUT2D eigenvalue weighted by molar-refractivity contribution is 0.0790. The first-order valence-electron chi connectivity index (χ1n) is 9.20. The van der Waals surface area contributed by atoms with Crippen LogP contribution in [-0.2, 0) is 6.54 Å². The van der Waals surface area contributed by atoms with Crippen LogP contribution in [0.3, 0.4) is 0 Å². The Balaban J connectivity index is 1.76. The van der Waals surface area contributed by atoms with E-state index in [2.05, 4.69) is 16.0 Å². The summed E-state index contributed by atoms with van der Waals surface area (Å²) >= 11 is 1.43. The number of benzene rings is 1. The van der Waals surface area contributed by atoms with Gasteiger partial charge in [-0.15, -0.1) is 11.3 Å². The van der Waals surface area contributed by atoms with Crippen LogP contribution in [-0.4, -0.2) is 42.2 Å². The Morgan fingerprint density at radius 1 is 1.33 bits per heavy atom. The van der Waals surface area contributed by atoms with Gasteiger partial charge in [-0.25, -0.2) is 4.99 Å². The van der Waals surface area contributed by atoms with Crippen LogP contribution in [0.2, 0.25) is 0 Å². The van der Waals surface area contributed by atoms with E-state index in [0.717, 1.165) is 29.9 Å². The summed E-state index contributed by atoms with van der Waals surface area (Å²) in [4.78, 5) is 22.2. The average molecular weight is 381 g/mol. The van der Waals surface area contributed by atoms with E-state index in [0.29, 0.717) is 17.0 Å². The van der Waals surface area contributed by atoms with E-state index in [1.165, 1.54) is 30.6 Å². The molecule has 0 aliphatic carbocycles. The number of aryl methyl sites for hydroxylation is 1. The molecule has 1 fully saturated rings. The normalized spacial score (nSPS) is 14.3. The molecule has 0 spiro atoms. The van der Waals surface area contributed by atoms with E-state index < -0.39 is 0 Å². The highest BCUT2D eigenvalue weighted by Gasteiger charge is 2.20. The topological polar surface area (TPSA) is 59.7 Å². The van der Waals surface area contributed by atoms with Crippen molar-refractivity contribution < 1.29 is 4.79 Å². The van der Waals surface area contributed by atoms with Gasteiger partial charge >= 0.3 is 0 Å². The highest BCUT2D eigenvalue weighted by molar-refractivity contribution is 7.12. The standard InChI is InChI=1S/C21H24N4OS/c1-16-14-27-20(19(16)23-15-25-10-6-3-7-11-25)21(26)24(2)13-18-9-5-4-8-17(18)12-22/h4-5,8-9,14-15H,3,6-7,10-11,13H2,1-2H3. The fourth-order valence-corrected chi connectivity index (χ4v) is 4.18. The smallest absolute Gasteiger partial charge is 0.266 e. The fraction of sp³-hybridized carbons (Fsp3) is 0.381. The first kappa shape index (κ1) is 19.1. The van der Waals surface area contributed by atoms with Gasteiger partial charge in [0, 0.05) is 26.7 Å². The van der Waals surface area contributed by atoms with Crippen LogP contribution in [0.5, 0.6) is 0 Å². The van der Waals surface area contributed by atoms with Gasteiger partial charge in [0.15, 0.2) is 0 Å². The molecule has 0 radical (unpaired) electrons. The van der Waals surface area contributed by atoms with Crippen LogP contribution in [0.25, 0.3) is 0 Å². The van der Waals surface area contributed by atoms with Crippen molar-refractivity contribution in [2.24, 2.45) is 4.99 Å². The molecule has 6 heteroatoms. The summed E-state index contributed by atoms with van der Waals surface area (Å²) < 4.78 is 0. The minimum atomic E-state index is -0.0633. The minimum Gasteiger partial charge on any atom is -0.363 e. The Labute approximate surface area is 164 Å². The lowest BCUT2D eigenvalue weighted by Crippen LogP contribution is -2.28. The maximum Gasteiger partial charge on any atom is 0.266 e. The third-order valence-electron chi connectivity index (χ3n) is 4.77. The van der Waals surface area contributed by atoms with Crippen molar-refractivity contribution in [3.63, 3.8) is 0 Å². The molecular formula is C21H24N4OS. The number of likely N-dealkylation sites (tertiary alicyclic amines) is 1. The average Bonchev–Trinajstić information content (AvgIpc) is 3.07. The molecule has 1 saturated heterocycles. The maximum absolute atomic E-state index is 13.0. The zero-order chi connectivity index (χ0) is 19.2. The van der Waals surface area contributed by atoms with Gasteiger partial charge in [-0.1, -0.05) is 18.2 Å². The number of aliphatic imine (C=N–C) groups is 1. The van der Waals surface area contributed by atoms with E-state index in [1.54, 1.807) is 18.0 Å². The summed E-state index contributed by atoms with van der Waals surface area (Å²) in [5.41, 5.74) is 3.23. The number of hydrogen-bond acceptors (Lipinski definition) is 4. The molecule has 140 valence electrons. The Bertz CT molecular complexity index is 875. The van der Waals surface area contributed by atoms with Crippen molar-refractivity contribution in [2.75, 3.05) is 20.1 Å². The Morgan fingerprint density at radius 2 is 2.07 bits per heavy atom. The van der Waals surface area contributed by atoms with Crippen LogP contribution in [0.1, 0.15) is 45.6 Å². The highest BCUT2D eigenvalue weighted by Crippen LogP contribution is 2.31. The predicted molar refractivity (Wildman–Crippen MR) is 110 cm³/mol. The molecule has 1 aromatic heterocycles. The molecule has 0 bridgehead atoms. The number of rotatable bonds is 5. The number of carbonyl (C=O) groups is 1. The third-order valence-corrected chi connectivity index (χ3v) is 5.84. The first-order chi connectivity index (χ1) is 13.1. The maximum atomic E-state index is 13.0. The highest BCUT2D eigenvalue weighted by atomic mass is 32.1. The lowest BCUT2D eigenvalue weighted by atomic mass is 10.1. The molecule has 0 N–H and O–H groups in total. The van der Waals surface area contributed by atoms with E-state index >= 15 is 0 Å². The summed E-state index contributed by atoms with van der Waals surface area (Å²) in [5, 5.41) is 11.2. The molecule has 2 aromatic rings. The van der Waals surface area contributed by atoms with Crippen LogP contribution in [0, 0.1) is 18.3 Å². The van der Waals surface area contributed by atoms with Crippen LogP contribution < -0.4 is 0 Å². The minimum absolute atomic E-state index is 0.0633. The van der Waals surface area contributed by atoms with E-state index in [1.807, 2.05) is 36.8 Å². The number of amides is 1. The number of thiophene rings is 1. The van der Waals surface area contributed by atoms with Crippen LogP contribution >= 0.6 is 11.3 Å². The van der Waals surface area contributed by atoms with Gasteiger partial charge in [-0.2, -0.15) is 5.26 Å². The summed E-state index contributed by atoms with van der Waals surface area (Å²) in [6.07, 6.45) is 5.55. The molecule has 1 aromatic carbocycles. The Hall–Kier alpha value is -2.65. The molecule has 0 saturated carbocycles. The van der Waals surface area contributed by atoms with E-state index in [4.69, 9.17) is 0 Å². The summed E-state index contributed by atoms with van der Waals surface area (Å²) in [5.74, 6) is -0.0633. The monoisotopic (exact) mass is 380 g/mol. The second kappa shape index (κ2) is 8.83. The van der Waals surface area contributed by atoms with Crippen LogP contribution in [0.4, 0.5) is 5.69 Å². The fourth-order valence-electron chi connectivity index (χ4n) is 3.19. The Kier molecular flexibility index (Phi) is 6.25. The molecule has 0 unspecified atom stereocenters. The van der Waals surface area contributed by atoms with Gasteiger partial charge in [-0.05, 0) is 48.8 Å². The van der Waals surface area contributed by atoms with Gasteiger partial charge < -0.3 is 9.80 Å². The van der Waals surface area contributed by atoms with Crippen molar-refractivity contribution in [1.82, 2.24) is 9.80 Å². The van der Waals surface area contributed by atoms with E-state index in [9.17, 15) is 10.1 Å². The summed E-state index contributed by atoms with van der Waals surface area (Å²) in [6, 6.07) is 9.57. The quantitative estimate of drug-likeness (QED) is 0.572. The van der Waals surface area contributed by atoms with Crippen molar-refractivity contribution >= 4 is 29.3 Å². The second-order valence-corrected chi connectivity index (χ2v) is 7.75. The van der Waals surface area contributed by atoms with Gasteiger partial charge in [0.2, 0.25) is 0 Å². The Morgan fingerprint density at radius 3 is 2.81 bits per heavy atom. The summed E-state index contributed by atoms with van der Waals surface area (Å²) in [7, 11) is 1.77. The molecule has 2 heterocycles. The van der Waals surface area contributed by atoms with Crippen LogP contribution in [0.15, 0.2) is 34.6 Å². The molecule has 1 aliphatic rings. The first-order valence-corrected chi connectivity index (χ1v) is 10.1. The largest absolute Gasteiger partial charge is 0.363 e. The number of nitriles is 1. The molecule has 27 heavy (non-hydrogen) atoms. The number of hydrogen-bond donors (Lipinski definition) is 0. The number of carbonyl (C=O) groups excluding carboxylic acids is 1. The van der Waals surface area contributed by atoms with Gasteiger partial charge in [0.05, 0.1) is 23.7 Å². The zero-order valence-corrected chi connectivity index (χ0v) is 16.6. The zero-order valence-electron chi connectivity index (χ0n) is 15.8. The van der Waals surface area contributed by atoms with E-state index in [-0.39, 0.29) is 5.91 Å². The SMILES string of the molecule is Cc1csc(C(=O)N(C)Cc2ccccc2C#N)c1N=CN1CCCCC1. The molecule has 3 rings (SSSR count). The summed E-state index contributed by atoms with van der Waals surface area (Å²) in [6.45, 7) is 4.44.